The Morgan fingerprint density at radius 2 is 1.59 bits per heavy atom. The van der Waals surface area contributed by atoms with Crippen molar-refractivity contribution in [1.29, 1.82) is 0 Å². The number of hydrogen-bond acceptors (Lipinski definition) is 4. The summed E-state index contributed by atoms with van der Waals surface area (Å²) in [6, 6.07) is 18.3. The summed E-state index contributed by atoms with van der Waals surface area (Å²) in [6.07, 6.45) is 1.50. The number of ether oxygens (including phenoxy) is 1. The van der Waals surface area contributed by atoms with E-state index in [1.165, 1.54) is 22.9 Å². The van der Waals surface area contributed by atoms with Crippen LogP contribution in [0.15, 0.2) is 60.8 Å². The van der Waals surface area contributed by atoms with E-state index in [9.17, 15) is 4.79 Å². The molecular formula is C22H23N3O2. The first kappa shape index (κ1) is 18.6. The molecule has 5 heteroatoms. The van der Waals surface area contributed by atoms with Crippen LogP contribution in [0.2, 0.25) is 0 Å². The van der Waals surface area contributed by atoms with Gasteiger partial charge in [0.15, 0.2) is 0 Å². The van der Waals surface area contributed by atoms with E-state index in [1.807, 2.05) is 12.1 Å². The molecule has 0 spiro atoms. The first-order valence-electron chi connectivity index (χ1n) is 8.78. The molecule has 0 aliphatic heterocycles. The number of carbonyl (C=O) groups is 1. The minimum atomic E-state index is -0.653. The third-order valence-corrected chi connectivity index (χ3v) is 4.67. The molecule has 0 saturated heterocycles. The number of nitrogens with two attached hydrogens (primary N) is 1. The Bertz CT molecular complexity index is 933. The summed E-state index contributed by atoms with van der Waals surface area (Å²) in [4.78, 5) is 19.1. The van der Waals surface area contributed by atoms with Gasteiger partial charge in [0.2, 0.25) is 5.82 Å². The summed E-state index contributed by atoms with van der Waals surface area (Å²) in [5.41, 5.74) is 9.42. The maximum Gasteiger partial charge on any atom is 0.286 e. The van der Waals surface area contributed by atoms with E-state index in [4.69, 9.17) is 10.5 Å². The molecule has 1 aromatic heterocycles. The van der Waals surface area contributed by atoms with Gasteiger partial charge in [-0.05, 0) is 36.2 Å². The van der Waals surface area contributed by atoms with Crippen molar-refractivity contribution in [3.05, 3.63) is 89.0 Å². The number of primary amides is 1. The van der Waals surface area contributed by atoms with E-state index in [2.05, 4.69) is 67.1 Å². The van der Waals surface area contributed by atoms with Crippen LogP contribution >= 0.6 is 0 Å². The topological polar surface area (TPSA) is 78.1 Å². The Hall–Kier alpha value is -3.21. The van der Waals surface area contributed by atoms with Crippen molar-refractivity contribution in [2.75, 3.05) is 0 Å². The van der Waals surface area contributed by atoms with E-state index < -0.39 is 5.91 Å². The fourth-order valence-corrected chi connectivity index (χ4v) is 2.86. The molecule has 0 saturated carbocycles. The Balaban J connectivity index is 1.71. The molecule has 3 aromatic rings. The molecule has 1 heterocycles. The number of nitrogens with zero attached hydrogens (tertiary/aromatic N) is 2. The van der Waals surface area contributed by atoms with Gasteiger partial charge in [-0.1, -0.05) is 55.8 Å². The minimum absolute atomic E-state index is 0.00806. The molecule has 0 aliphatic rings. The molecule has 0 radical (unpaired) electrons. The van der Waals surface area contributed by atoms with Gasteiger partial charge in [-0.2, -0.15) is 0 Å². The summed E-state index contributed by atoms with van der Waals surface area (Å²) in [7, 11) is 0. The lowest BCUT2D eigenvalue weighted by molar-refractivity contribution is 0.0990. The van der Waals surface area contributed by atoms with E-state index in [0.29, 0.717) is 5.69 Å². The van der Waals surface area contributed by atoms with Gasteiger partial charge in [0, 0.05) is 11.6 Å². The van der Waals surface area contributed by atoms with Crippen molar-refractivity contribution in [2.45, 2.75) is 32.8 Å². The van der Waals surface area contributed by atoms with Gasteiger partial charge < -0.3 is 10.5 Å². The number of aryl methyl sites for hydroxylation is 1. The zero-order valence-corrected chi connectivity index (χ0v) is 15.8. The van der Waals surface area contributed by atoms with Crippen LogP contribution in [0.25, 0.3) is 0 Å². The van der Waals surface area contributed by atoms with Gasteiger partial charge in [-0.25, -0.2) is 9.97 Å². The van der Waals surface area contributed by atoms with Crippen LogP contribution in [0.1, 0.15) is 46.9 Å². The monoisotopic (exact) mass is 361 g/mol. The lowest BCUT2D eigenvalue weighted by atomic mass is 9.78. The molecule has 2 N–H and O–H groups in total. The molecular weight excluding hydrogens is 338 g/mol. The zero-order chi connectivity index (χ0) is 19.4. The normalized spacial score (nSPS) is 11.2. The number of rotatable bonds is 6. The molecule has 0 unspecified atom stereocenters. The van der Waals surface area contributed by atoms with E-state index in [-0.39, 0.29) is 17.8 Å². The second kappa shape index (κ2) is 7.58. The van der Waals surface area contributed by atoms with Gasteiger partial charge in [-0.3, -0.25) is 4.79 Å². The van der Waals surface area contributed by atoms with Crippen LogP contribution in [0.3, 0.4) is 0 Å². The third kappa shape index (κ3) is 4.31. The summed E-state index contributed by atoms with van der Waals surface area (Å²) < 4.78 is 5.77. The van der Waals surface area contributed by atoms with E-state index in [1.54, 1.807) is 6.07 Å². The molecule has 1 amide bonds. The van der Waals surface area contributed by atoms with Crippen molar-refractivity contribution in [3.63, 3.8) is 0 Å². The lowest BCUT2D eigenvalue weighted by Crippen LogP contribution is -2.18. The second-order valence-electron chi connectivity index (χ2n) is 7.04. The van der Waals surface area contributed by atoms with Crippen molar-refractivity contribution >= 4 is 5.91 Å². The number of aromatic nitrogens is 2. The van der Waals surface area contributed by atoms with Crippen LogP contribution in [-0.2, 0) is 12.0 Å². The van der Waals surface area contributed by atoms with Gasteiger partial charge in [-0.15, -0.1) is 0 Å². The summed E-state index contributed by atoms with van der Waals surface area (Å²) in [6.45, 7) is 6.75. The molecule has 0 bridgehead atoms. The average Bonchev–Trinajstić information content (AvgIpc) is 2.67. The Kier molecular flexibility index (Phi) is 5.21. The first-order valence-corrected chi connectivity index (χ1v) is 8.78. The van der Waals surface area contributed by atoms with E-state index >= 15 is 0 Å². The van der Waals surface area contributed by atoms with Crippen molar-refractivity contribution < 1.29 is 9.53 Å². The molecule has 3 rings (SSSR count). The van der Waals surface area contributed by atoms with Gasteiger partial charge in [0.05, 0.1) is 5.69 Å². The molecule has 0 atom stereocenters. The van der Waals surface area contributed by atoms with Crippen LogP contribution < -0.4 is 10.5 Å². The Morgan fingerprint density at radius 3 is 2.19 bits per heavy atom. The predicted octanol–water partition coefficient (Wildman–Crippen LogP) is 3.79. The number of hydrogen-bond donors (Lipinski definition) is 1. The average molecular weight is 361 g/mol. The van der Waals surface area contributed by atoms with Gasteiger partial charge in [0.1, 0.15) is 12.4 Å². The largest absolute Gasteiger partial charge is 0.487 e. The standard InChI is InChI=1S/C22H23N3O2/c1-15-4-6-16(7-5-15)22(2,3)17-8-10-19(11-9-17)27-14-18-12-13-24-21(25-18)20(23)26/h4-13H,14H2,1-3H3,(H2,23,26). The van der Waals surface area contributed by atoms with Gasteiger partial charge in [0.25, 0.3) is 5.91 Å². The predicted molar refractivity (Wildman–Crippen MR) is 105 cm³/mol. The number of benzene rings is 2. The highest BCUT2D eigenvalue weighted by atomic mass is 16.5. The molecule has 0 fully saturated rings. The highest BCUT2D eigenvalue weighted by Crippen LogP contribution is 2.32. The first-order chi connectivity index (χ1) is 12.9. The quantitative estimate of drug-likeness (QED) is 0.724. The van der Waals surface area contributed by atoms with E-state index in [0.717, 1.165) is 5.75 Å². The maximum absolute atomic E-state index is 11.2. The van der Waals surface area contributed by atoms with Crippen molar-refractivity contribution in [3.8, 4) is 5.75 Å². The molecule has 27 heavy (non-hydrogen) atoms. The van der Waals surface area contributed by atoms with Crippen molar-refractivity contribution in [2.24, 2.45) is 5.73 Å². The SMILES string of the molecule is Cc1ccc(C(C)(C)c2ccc(OCc3ccnc(C(N)=O)n3)cc2)cc1. The lowest BCUT2D eigenvalue weighted by Gasteiger charge is -2.26. The fourth-order valence-electron chi connectivity index (χ4n) is 2.86. The summed E-state index contributed by atoms with van der Waals surface area (Å²) >= 11 is 0. The van der Waals surface area contributed by atoms with Crippen LogP contribution in [-0.4, -0.2) is 15.9 Å². The zero-order valence-electron chi connectivity index (χ0n) is 15.8. The Labute approximate surface area is 159 Å². The van der Waals surface area contributed by atoms with Crippen LogP contribution in [0.4, 0.5) is 0 Å². The summed E-state index contributed by atoms with van der Waals surface area (Å²) in [5.74, 6) is 0.0727. The van der Waals surface area contributed by atoms with Crippen LogP contribution in [0, 0.1) is 6.92 Å². The highest BCUT2D eigenvalue weighted by molar-refractivity contribution is 5.88. The molecule has 0 aliphatic carbocycles. The third-order valence-electron chi connectivity index (χ3n) is 4.67. The molecule has 2 aromatic carbocycles. The van der Waals surface area contributed by atoms with Crippen LogP contribution in [0.5, 0.6) is 5.75 Å². The molecule has 138 valence electrons. The summed E-state index contributed by atoms with van der Waals surface area (Å²) in [5, 5.41) is 0. The highest BCUT2D eigenvalue weighted by Gasteiger charge is 2.22. The fraction of sp³-hybridized carbons (Fsp3) is 0.227. The smallest absolute Gasteiger partial charge is 0.286 e. The number of carbonyl (C=O) groups excluding carboxylic acids is 1. The van der Waals surface area contributed by atoms with Gasteiger partial charge >= 0.3 is 0 Å². The van der Waals surface area contributed by atoms with Crippen molar-refractivity contribution in [1.82, 2.24) is 9.97 Å². The second-order valence-corrected chi connectivity index (χ2v) is 7.04. The molecule has 5 nitrogen and oxygen atoms in total. The maximum atomic E-state index is 11.2. The minimum Gasteiger partial charge on any atom is -0.487 e. The Morgan fingerprint density at radius 1 is 1.00 bits per heavy atom. The number of amides is 1.